The van der Waals surface area contributed by atoms with Gasteiger partial charge in [0.15, 0.2) is 0 Å². The number of nitrogens with zero attached hydrogens (tertiary/aromatic N) is 2. The van der Waals surface area contributed by atoms with Crippen LogP contribution in [0.25, 0.3) is 0 Å². The summed E-state index contributed by atoms with van der Waals surface area (Å²) in [7, 11) is 0. The Morgan fingerprint density at radius 3 is 3.00 bits per heavy atom. The van der Waals surface area contributed by atoms with Crippen LogP contribution in [0.2, 0.25) is 0 Å². The summed E-state index contributed by atoms with van der Waals surface area (Å²) >= 11 is 5.64. The van der Waals surface area contributed by atoms with Gasteiger partial charge in [-0.3, -0.25) is 4.98 Å². The standard InChI is InChI=1S/C11H18ClN3O/c1-3-16-11-8-13-7-10(15-11)14-9(2)5-4-6-12/h7-9H,3-6H2,1-2H3,(H,14,15). The summed E-state index contributed by atoms with van der Waals surface area (Å²) in [6.07, 6.45) is 5.32. The summed E-state index contributed by atoms with van der Waals surface area (Å²) in [5.74, 6) is 1.99. The Kier molecular flexibility index (Phi) is 5.93. The topological polar surface area (TPSA) is 47.0 Å². The van der Waals surface area contributed by atoms with Crippen LogP contribution in [-0.2, 0) is 0 Å². The molecule has 5 heteroatoms. The van der Waals surface area contributed by atoms with Crippen molar-refractivity contribution in [3.05, 3.63) is 12.4 Å². The Hall–Kier alpha value is -1.03. The van der Waals surface area contributed by atoms with E-state index < -0.39 is 0 Å². The van der Waals surface area contributed by atoms with Gasteiger partial charge < -0.3 is 10.1 Å². The zero-order valence-corrected chi connectivity index (χ0v) is 10.5. The fourth-order valence-electron chi connectivity index (χ4n) is 1.34. The van der Waals surface area contributed by atoms with E-state index in [0.29, 0.717) is 24.4 Å². The molecular weight excluding hydrogens is 226 g/mol. The lowest BCUT2D eigenvalue weighted by atomic mass is 10.2. The molecule has 90 valence electrons. The molecule has 1 aromatic heterocycles. The largest absolute Gasteiger partial charge is 0.477 e. The van der Waals surface area contributed by atoms with Gasteiger partial charge in [0.05, 0.1) is 19.0 Å². The van der Waals surface area contributed by atoms with Crippen molar-refractivity contribution in [2.24, 2.45) is 0 Å². The van der Waals surface area contributed by atoms with E-state index in [2.05, 4.69) is 22.2 Å². The van der Waals surface area contributed by atoms with E-state index in [4.69, 9.17) is 16.3 Å². The molecule has 0 saturated heterocycles. The van der Waals surface area contributed by atoms with E-state index in [-0.39, 0.29) is 0 Å². The van der Waals surface area contributed by atoms with Crippen LogP contribution in [0.4, 0.5) is 5.82 Å². The number of aromatic nitrogens is 2. The highest BCUT2D eigenvalue weighted by Crippen LogP contribution is 2.11. The van der Waals surface area contributed by atoms with Crippen LogP contribution in [0.1, 0.15) is 26.7 Å². The van der Waals surface area contributed by atoms with Crippen LogP contribution in [0.15, 0.2) is 12.4 Å². The number of halogens is 1. The minimum Gasteiger partial charge on any atom is -0.477 e. The van der Waals surface area contributed by atoms with Gasteiger partial charge in [-0.2, -0.15) is 4.98 Å². The monoisotopic (exact) mass is 243 g/mol. The van der Waals surface area contributed by atoms with Crippen molar-refractivity contribution >= 4 is 17.4 Å². The van der Waals surface area contributed by atoms with Crippen molar-refractivity contribution < 1.29 is 4.74 Å². The molecule has 0 aliphatic carbocycles. The first-order valence-electron chi connectivity index (χ1n) is 5.53. The van der Waals surface area contributed by atoms with Gasteiger partial charge in [0.1, 0.15) is 5.82 Å². The van der Waals surface area contributed by atoms with Gasteiger partial charge in [0.25, 0.3) is 0 Å². The second-order valence-corrected chi connectivity index (χ2v) is 3.93. The molecular formula is C11H18ClN3O. The third-order valence-corrected chi connectivity index (χ3v) is 2.34. The van der Waals surface area contributed by atoms with Gasteiger partial charge in [-0.15, -0.1) is 11.6 Å². The van der Waals surface area contributed by atoms with Crippen LogP contribution in [-0.4, -0.2) is 28.5 Å². The van der Waals surface area contributed by atoms with E-state index in [1.807, 2.05) is 6.92 Å². The smallest absolute Gasteiger partial charge is 0.234 e. The Morgan fingerprint density at radius 2 is 2.31 bits per heavy atom. The third-order valence-electron chi connectivity index (χ3n) is 2.07. The number of hydrogen-bond donors (Lipinski definition) is 1. The molecule has 1 aromatic rings. The maximum Gasteiger partial charge on any atom is 0.234 e. The van der Waals surface area contributed by atoms with E-state index in [1.54, 1.807) is 12.4 Å². The molecule has 1 heterocycles. The van der Waals surface area contributed by atoms with E-state index in [9.17, 15) is 0 Å². The average molecular weight is 244 g/mol. The van der Waals surface area contributed by atoms with Crippen molar-refractivity contribution in [2.45, 2.75) is 32.7 Å². The molecule has 0 fully saturated rings. The van der Waals surface area contributed by atoms with Crippen LogP contribution < -0.4 is 10.1 Å². The van der Waals surface area contributed by atoms with Gasteiger partial charge in [-0.1, -0.05) is 0 Å². The number of anilines is 1. The first-order valence-corrected chi connectivity index (χ1v) is 6.07. The summed E-state index contributed by atoms with van der Waals surface area (Å²) in [4.78, 5) is 8.34. The Labute approximate surface area is 101 Å². The lowest BCUT2D eigenvalue weighted by Gasteiger charge is -2.13. The highest BCUT2D eigenvalue weighted by Gasteiger charge is 2.04. The average Bonchev–Trinajstić information content (AvgIpc) is 2.27. The fourth-order valence-corrected chi connectivity index (χ4v) is 1.50. The summed E-state index contributed by atoms with van der Waals surface area (Å²) < 4.78 is 5.27. The Morgan fingerprint density at radius 1 is 1.50 bits per heavy atom. The Balaban J connectivity index is 2.49. The van der Waals surface area contributed by atoms with Crippen molar-refractivity contribution in [3.63, 3.8) is 0 Å². The zero-order chi connectivity index (χ0) is 11.8. The molecule has 1 rings (SSSR count). The quantitative estimate of drug-likeness (QED) is 0.748. The summed E-state index contributed by atoms with van der Waals surface area (Å²) in [6, 6.07) is 0.338. The first kappa shape index (κ1) is 13.0. The molecule has 16 heavy (non-hydrogen) atoms. The minimum absolute atomic E-state index is 0.338. The SMILES string of the molecule is CCOc1cncc(NC(C)CCCCl)n1. The van der Waals surface area contributed by atoms with Gasteiger partial charge >= 0.3 is 0 Å². The maximum atomic E-state index is 5.64. The molecule has 0 aliphatic heterocycles. The molecule has 0 radical (unpaired) electrons. The number of hydrogen-bond acceptors (Lipinski definition) is 4. The van der Waals surface area contributed by atoms with Crippen molar-refractivity contribution in [1.29, 1.82) is 0 Å². The number of nitrogens with one attached hydrogen (secondary N) is 1. The predicted molar refractivity (Wildman–Crippen MR) is 66.2 cm³/mol. The highest BCUT2D eigenvalue weighted by atomic mass is 35.5. The van der Waals surface area contributed by atoms with Gasteiger partial charge in [-0.25, -0.2) is 0 Å². The molecule has 0 aliphatic rings. The molecule has 1 N–H and O–H groups in total. The van der Waals surface area contributed by atoms with E-state index in [0.717, 1.165) is 18.7 Å². The lowest BCUT2D eigenvalue weighted by Crippen LogP contribution is -2.16. The van der Waals surface area contributed by atoms with Gasteiger partial charge in [-0.05, 0) is 26.7 Å². The second-order valence-electron chi connectivity index (χ2n) is 3.55. The van der Waals surface area contributed by atoms with Crippen molar-refractivity contribution in [1.82, 2.24) is 9.97 Å². The molecule has 1 atom stereocenters. The van der Waals surface area contributed by atoms with Crippen LogP contribution in [0.5, 0.6) is 5.88 Å². The zero-order valence-electron chi connectivity index (χ0n) is 9.74. The predicted octanol–water partition coefficient (Wildman–Crippen LogP) is 2.69. The van der Waals surface area contributed by atoms with E-state index in [1.165, 1.54) is 0 Å². The van der Waals surface area contributed by atoms with Gasteiger partial charge in [0, 0.05) is 11.9 Å². The Bertz CT molecular complexity index is 309. The molecule has 0 bridgehead atoms. The van der Waals surface area contributed by atoms with Gasteiger partial charge in [0.2, 0.25) is 5.88 Å². The third kappa shape index (κ3) is 4.66. The van der Waals surface area contributed by atoms with Crippen molar-refractivity contribution in [2.75, 3.05) is 17.8 Å². The number of ether oxygens (including phenoxy) is 1. The number of alkyl halides is 1. The summed E-state index contributed by atoms with van der Waals surface area (Å²) in [6.45, 7) is 4.62. The van der Waals surface area contributed by atoms with Crippen LogP contribution in [0.3, 0.4) is 0 Å². The normalized spacial score (nSPS) is 12.2. The molecule has 0 amide bonds. The molecule has 4 nitrogen and oxygen atoms in total. The second kappa shape index (κ2) is 7.28. The minimum atomic E-state index is 0.338. The lowest BCUT2D eigenvalue weighted by molar-refractivity contribution is 0.325. The highest BCUT2D eigenvalue weighted by molar-refractivity contribution is 6.17. The molecule has 0 aromatic carbocycles. The molecule has 0 spiro atoms. The van der Waals surface area contributed by atoms with Crippen LogP contribution >= 0.6 is 11.6 Å². The molecule has 0 saturated carbocycles. The first-order chi connectivity index (χ1) is 7.76. The van der Waals surface area contributed by atoms with Crippen LogP contribution in [0, 0.1) is 0 Å². The fraction of sp³-hybridized carbons (Fsp3) is 0.636. The summed E-state index contributed by atoms with van der Waals surface area (Å²) in [5, 5.41) is 3.26. The summed E-state index contributed by atoms with van der Waals surface area (Å²) in [5.41, 5.74) is 0. The maximum absolute atomic E-state index is 5.64. The number of rotatable bonds is 7. The van der Waals surface area contributed by atoms with Crippen molar-refractivity contribution in [3.8, 4) is 5.88 Å². The van der Waals surface area contributed by atoms with E-state index >= 15 is 0 Å². The molecule has 1 unspecified atom stereocenters.